The highest BCUT2D eigenvalue weighted by Gasteiger charge is 2.38. The molecule has 0 spiro atoms. The molecule has 37 heavy (non-hydrogen) atoms. The minimum atomic E-state index is -0.655. The Balaban J connectivity index is 0.00000380. The van der Waals surface area contributed by atoms with E-state index in [4.69, 9.17) is 9.47 Å². The Morgan fingerprint density at radius 2 is 1.95 bits per heavy atom. The van der Waals surface area contributed by atoms with Crippen LogP contribution in [0.3, 0.4) is 0 Å². The summed E-state index contributed by atoms with van der Waals surface area (Å²) in [6.45, 7) is 6.62. The molecular formula is C29H35FN2O4S. The fraction of sp³-hybridized carbons (Fsp3) is 0.379. The number of amides is 1. The van der Waals surface area contributed by atoms with Crippen molar-refractivity contribution in [2.75, 3.05) is 23.9 Å². The molecule has 1 amide bonds. The summed E-state index contributed by atoms with van der Waals surface area (Å²) in [7, 11) is 0. The van der Waals surface area contributed by atoms with E-state index < -0.39 is 11.4 Å². The molecule has 0 saturated heterocycles. The molecule has 8 heteroatoms. The number of hydrogen-bond acceptors (Lipinski definition) is 6. The molecule has 2 aliphatic rings. The molecule has 2 N–H and O–H groups in total. The Bertz CT molecular complexity index is 1220. The lowest BCUT2D eigenvalue weighted by atomic mass is 9.91. The molecule has 4 rings (SSSR count). The third kappa shape index (κ3) is 6.25. The number of thioether (sulfide) groups is 1. The number of ether oxygens (including phenoxy) is 2. The lowest BCUT2D eigenvalue weighted by Gasteiger charge is -2.23. The molecule has 0 unspecified atom stereocenters. The van der Waals surface area contributed by atoms with Gasteiger partial charge in [0.05, 0.1) is 17.9 Å². The molecule has 0 saturated carbocycles. The van der Waals surface area contributed by atoms with Crippen LogP contribution in [0.15, 0.2) is 54.3 Å². The molecule has 0 aliphatic carbocycles. The van der Waals surface area contributed by atoms with Crippen molar-refractivity contribution in [2.24, 2.45) is 0 Å². The smallest absolute Gasteiger partial charge is 0.323 e. The van der Waals surface area contributed by atoms with Crippen LogP contribution in [-0.2, 0) is 25.6 Å². The monoisotopic (exact) mass is 526 g/mol. The molecule has 2 aromatic carbocycles. The summed E-state index contributed by atoms with van der Waals surface area (Å²) in [6, 6.07) is 12.0. The Labute approximate surface area is 222 Å². The second kappa shape index (κ2) is 12.0. The fourth-order valence-corrected chi connectivity index (χ4v) is 4.90. The maximum absolute atomic E-state index is 13.6. The van der Waals surface area contributed by atoms with Gasteiger partial charge < -0.3 is 20.1 Å². The van der Waals surface area contributed by atoms with Gasteiger partial charge in [0.2, 0.25) is 0 Å². The highest BCUT2D eigenvalue weighted by Crippen LogP contribution is 2.44. The molecule has 2 aliphatic heterocycles. The normalized spacial score (nSPS) is 18.3. The number of hydrogen-bond donors (Lipinski definition) is 2. The van der Waals surface area contributed by atoms with Crippen LogP contribution in [0.4, 0.5) is 10.1 Å². The topological polar surface area (TPSA) is 76.7 Å². The van der Waals surface area contributed by atoms with E-state index in [0.29, 0.717) is 42.2 Å². The summed E-state index contributed by atoms with van der Waals surface area (Å²) in [5.74, 6) is 0.400. The maximum atomic E-state index is 13.6. The van der Waals surface area contributed by atoms with Gasteiger partial charge >= 0.3 is 5.97 Å². The zero-order chi connectivity index (χ0) is 25.9. The van der Waals surface area contributed by atoms with Crippen LogP contribution in [-0.4, -0.2) is 42.1 Å². The van der Waals surface area contributed by atoms with Crippen molar-refractivity contribution in [3.8, 4) is 0 Å². The zero-order valence-electron chi connectivity index (χ0n) is 20.9. The Hall–Kier alpha value is -3.10. The molecule has 0 bridgehead atoms. The third-order valence-corrected chi connectivity index (χ3v) is 6.91. The van der Waals surface area contributed by atoms with E-state index in [-0.39, 0.29) is 25.3 Å². The molecule has 0 radical (unpaired) electrons. The van der Waals surface area contributed by atoms with Crippen molar-refractivity contribution in [3.63, 3.8) is 0 Å². The standard InChI is InChI=1S/C28H31FN2O4S.CH4/c1-5-34-27(33)22(12-13-36-4)30-16-17-6-8-18(9-7-17)21-15-24(35-28(21,2)3)25-20-11-10-19(29)14-23(20)31-26(25)32;/h6-11,14-15,22,30H,5,12-13,16H2,1-4H3,(H,31,32);1H4/b25-24+;/t22-;/m0./s1. The molecule has 1 atom stereocenters. The zero-order valence-corrected chi connectivity index (χ0v) is 21.8. The van der Waals surface area contributed by atoms with E-state index in [1.807, 2.05) is 57.4 Å². The first kappa shape index (κ1) is 28.5. The van der Waals surface area contributed by atoms with E-state index in [1.54, 1.807) is 17.8 Å². The first-order valence-corrected chi connectivity index (χ1v) is 13.4. The van der Waals surface area contributed by atoms with Crippen LogP contribution in [0.25, 0.3) is 11.1 Å². The van der Waals surface area contributed by atoms with Gasteiger partial charge in [-0.2, -0.15) is 11.8 Å². The van der Waals surface area contributed by atoms with Crippen LogP contribution in [0.1, 0.15) is 51.3 Å². The SMILES string of the molecule is C.CCOC(=O)[C@H](CCSC)NCc1ccc(C2=C/C(=C3\C(=O)Nc4cc(F)ccc43)OC2(C)C)cc1. The average Bonchev–Trinajstić information content (AvgIpc) is 3.33. The van der Waals surface area contributed by atoms with Gasteiger partial charge in [-0.15, -0.1) is 0 Å². The minimum Gasteiger partial charge on any atom is -0.482 e. The molecule has 2 aromatic rings. The molecule has 6 nitrogen and oxygen atoms in total. The van der Waals surface area contributed by atoms with Crippen LogP contribution < -0.4 is 10.6 Å². The van der Waals surface area contributed by atoms with Crippen molar-refractivity contribution >= 4 is 40.5 Å². The molecule has 0 aromatic heterocycles. The Morgan fingerprint density at radius 1 is 1.22 bits per heavy atom. The van der Waals surface area contributed by atoms with Gasteiger partial charge in [-0.05, 0) is 74.6 Å². The number of allylic oxidation sites excluding steroid dienone is 1. The lowest BCUT2D eigenvalue weighted by molar-refractivity contribution is -0.145. The van der Waals surface area contributed by atoms with Gasteiger partial charge in [-0.3, -0.25) is 9.59 Å². The van der Waals surface area contributed by atoms with Crippen molar-refractivity contribution in [1.29, 1.82) is 0 Å². The van der Waals surface area contributed by atoms with Crippen molar-refractivity contribution < 1.29 is 23.5 Å². The molecule has 198 valence electrons. The van der Waals surface area contributed by atoms with Crippen molar-refractivity contribution in [3.05, 3.63) is 76.8 Å². The number of benzene rings is 2. The van der Waals surface area contributed by atoms with Gasteiger partial charge in [0.25, 0.3) is 5.91 Å². The lowest BCUT2D eigenvalue weighted by Crippen LogP contribution is -2.38. The van der Waals surface area contributed by atoms with E-state index in [9.17, 15) is 14.0 Å². The summed E-state index contributed by atoms with van der Waals surface area (Å²) in [6.07, 6.45) is 4.61. The second-order valence-corrected chi connectivity index (χ2v) is 10.2. The molecule has 0 fully saturated rings. The summed E-state index contributed by atoms with van der Waals surface area (Å²) >= 11 is 1.70. The van der Waals surface area contributed by atoms with Gasteiger partial charge in [-0.25, -0.2) is 4.39 Å². The predicted molar refractivity (Wildman–Crippen MR) is 149 cm³/mol. The summed E-state index contributed by atoms with van der Waals surface area (Å²) in [5, 5.41) is 6.04. The number of carbonyl (C=O) groups excluding carboxylic acids is 2. The number of carbonyl (C=O) groups is 2. The fourth-order valence-electron chi connectivity index (χ4n) is 4.43. The first-order valence-electron chi connectivity index (χ1n) is 12.0. The van der Waals surface area contributed by atoms with E-state index >= 15 is 0 Å². The van der Waals surface area contributed by atoms with Crippen molar-refractivity contribution in [2.45, 2.75) is 52.8 Å². The maximum Gasteiger partial charge on any atom is 0.323 e. The largest absolute Gasteiger partial charge is 0.482 e. The number of halogens is 1. The van der Waals surface area contributed by atoms with Crippen LogP contribution in [0, 0.1) is 5.82 Å². The highest BCUT2D eigenvalue weighted by molar-refractivity contribution is 7.98. The number of fused-ring (bicyclic) bond motifs is 1. The van der Waals surface area contributed by atoms with E-state index in [1.165, 1.54) is 12.1 Å². The Kier molecular flexibility index (Phi) is 9.21. The number of esters is 1. The van der Waals surface area contributed by atoms with E-state index in [2.05, 4.69) is 10.6 Å². The van der Waals surface area contributed by atoms with Gasteiger partial charge in [0.1, 0.15) is 23.2 Å². The Morgan fingerprint density at radius 3 is 2.62 bits per heavy atom. The number of anilines is 1. The second-order valence-electron chi connectivity index (χ2n) is 9.22. The number of nitrogens with one attached hydrogen (secondary N) is 2. The van der Waals surface area contributed by atoms with Crippen LogP contribution in [0.2, 0.25) is 0 Å². The minimum absolute atomic E-state index is 0. The predicted octanol–water partition coefficient (Wildman–Crippen LogP) is 5.79. The summed E-state index contributed by atoms with van der Waals surface area (Å²) < 4.78 is 25.0. The first-order chi connectivity index (χ1) is 17.2. The van der Waals surface area contributed by atoms with Crippen LogP contribution in [0.5, 0.6) is 0 Å². The number of rotatable bonds is 9. The molecular weight excluding hydrogens is 491 g/mol. The van der Waals surface area contributed by atoms with Crippen LogP contribution >= 0.6 is 11.8 Å². The van der Waals surface area contributed by atoms with Gasteiger partial charge in [0, 0.05) is 17.7 Å². The van der Waals surface area contributed by atoms with Gasteiger partial charge in [-0.1, -0.05) is 31.7 Å². The van der Waals surface area contributed by atoms with Crippen molar-refractivity contribution in [1.82, 2.24) is 5.32 Å². The van der Waals surface area contributed by atoms with Gasteiger partial charge in [0.15, 0.2) is 0 Å². The highest BCUT2D eigenvalue weighted by atomic mass is 32.2. The third-order valence-electron chi connectivity index (χ3n) is 6.26. The quantitative estimate of drug-likeness (QED) is 0.318. The summed E-state index contributed by atoms with van der Waals surface area (Å²) in [4.78, 5) is 24.9. The molecule has 2 heterocycles. The average molecular weight is 527 g/mol. The van der Waals surface area contributed by atoms with E-state index in [0.717, 1.165) is 22.5 Å². The summed E-state index contributed by atoms with van der Waals surface area (Å²) in [5.41, 5.74) is 3.78.